The van der Waals surface area contributed by atoms with Crippen LogP contribution in [0.25, 0.3) is 0 Å². The SMILES string of the molecule is Cc1cccc(SCCOc2ccc(N)cc2)c1. The molecule has 0 amide bonds. The van der Waals surface area contributed by atoms with Crippen LogP contribution >= 0.6 is 11.8 Å². The van der Waals surface area contributed by atoms with Crippen LogP contribution in [-0.2, 0) is 0 Å². The number of anilines is 1. The van der Waals surface area contributed by atoms with Gasteiger partial charge >= 0.3 is 0 Å². The Morgan fingerprint density at radius 2 is 1.89 bits per heavy atom. The van der Waals surface area contributed by atoms with Crippen molar-refractivity contribution < 1.29 is 4.74 Å². The van der Waals surface area contributed by atoms with Crippen molar-refractivity contribution in [3.63, 3.8) is 0 Å². The Morgan fingerprint density at radius 3 is 2.61 bits per heavy atom. The lowest BCUT2D eigenvalue weighted by molar-refractivity contribution is 0.344. The summed E-state index contributed by atoms with van der Waals surface area (Å²) in [5.41, 5.74) is 7.66. The molecule has 0 aromatic heterocycles. The van der Waals surface area contributed by atoms with Gasteiger partial charge in [0.1, 0.15) is 5.75 Å². The Labute approximate surface area is 112 Å². The van der Waals surface area contributed by atoms with Crippen molar-refractivity contribution in [3.8, 4) is 5.75 Å². The maximum absolute atomic E-state index is 5.64. The van der Waals surface area contributed by atoms with Gasteiger partial charge in [0, 0.05) is 16.3 Å². The molecular weight excluding hydrogens is 242 g/mol. The zero-order chi connectivity index (χ0) is 12.8. The van der Waals surface area contributed by atoms with E-state index in [0.717, 1.165) is 17.2 Å². The number of nitrogen functional groups attached to an aromatic ring is 1. The van der Waals surface area contributed by atoms with E-state index in [4.69, 9.17) is 10.5 Å². The monoisotopic (exact) mass is 259 g/mol. The molecule has 0 aliphatic rings. The van der Waals surface area contributed by atoms with E-state index in [0.29, 0.717) is 6.61 Å². The molecule has 0 saturated carbocycles. The van der Waals surface area contributed by atoms with Crippen LogP contribution in [0.1, 0.15) is 5.56 Å². The van der Waals surface area contributed by atoms with Gasteiger partial charge in [0.15, 0.2) is 0 Å². The van der Waals surface area contributed by atoms with Gasteiger partial charge in [-0.1, -0.05) is 17.7 Å². The van der Waals surface area contributed by atoms with Crippen molar-refractivity contribution in [2.75, 3.05) is 18.1 Å². The first-order valence-electron chi connectivity index (χ1n) is 5.92. The predicted octanol–water partition coefficient (Wildman–Crippen LogP) is 3.75. The lowest BCUT2D eigenvalue weighted by atomic mass is 10.2. The molecule has 0 bridgehead atoms. The molecule has 0 fully saturated rings. The molecule has 0 saturated heterocycles. The van der Waals surface area contributed by atoms with Crippen molar-refractivity contribution in [1.82, 2.24) is 0 Å². The normalized spacial score (nSPS) is 10.3. The van der Waals surface area contributed by atoms with E-state index in [1.54, 1.807) is 0 Å². The van der Waals surface area contributed by atoms with Crippen molar-refractivity contribution in [2.24, 2.45) is 0 Å². The molecule has 18 heavy (non-hydrogen) atoms. The Balaban J connectivity index is 1.74. The van der Waals surface area contributed by atoms with Gasteiger partial charge in [-0.15, -0.1) is 11.8 Å². The summed E-state index contributed by atoms with van der Waals surface area (Å²) in [6, 6.07) is 16.0. The number of nitrogens with two attached hydrogens (primary N) is 1. The molecule has 0 atom stereocenters. The number of aryl methyl sites for hydroxylation is 1. The van der Waals surface area contributed by atoms with E-state index < -0.39 is 0 Å². The Bertz CT molecular complexity index is 496. The van der Waals surface area contributed by atoms with Crippen LogP contribution in [0.15, 0.2) is 53.4 Å². The number of thioether (sulfide) groups is 1. The molecule has 94 valence electrons. The standard InChI is InChI=1S/C15H17NOS/c1-12-3-2-4-15(11-12)18-10-9-17-14-7-5-13(16)6-8-14/h2-8,11H,9-10,16H2,1H3. The molecule has 0 unspecified atom stereocenters. The summed E-state index contributed by atoms with van der Waals surface area (Å²) in [6.07, 6.45) is 0. The van der Waals surface area contributed by atoms with Crippen molar-refractivity contribution in [1.29, 1.82) is 0 Å². The van der Waals surface area contributed by atoms with Gasteiger partial charge in [-0.2, -0.15) is 0 Å². The molecule has 3 heteroatoms. The third-order valence-corrected chi connectivity index (χ3v) is 3.45. The summed E-state index contributed by atoms with van der Waals surface area (Å²) in [4.78, 5) is 1.29. The predicted molar refractivity (Wildman–Crippen MR) is 78.3 cm³/mol. The third-order valence-electron chi connectivity index (χ3n) is 2.49. The van der Waals surface area contributed by atoms with Crippen LogP contribution in [0.4, 0.5) is 5.69 Å². The van der Waals surface area contributed by atoms with Crippen molar-refractivity contribution in [3.05, 3.63) is 54.1 Å². The van der Waals surface area contributed by atoms with Crippen molar-refractivity contribution in [2.45, 2.75) is 11.8 Å². The highest BCUT2D eigenvalue weighted by Gasteiger charge is 1.96. The lowest BCUT2D eigenvalue weighted by Gasteiger charge is -2.06. The van der Waals surface area contributed by atoms with Gasteiger partial charge in [-0.25, -0.2) is 0 Å². The molecule has 2 nitrogen and oxygen atoms in total. The van der Waals surface area contributed by atoms with E-state index in [-0.39, 0.29) is 0 Å². The minimum atomic E-state index is 0.697. The molecule has 2 aromatic carbocycles. The van der Waals surface area contributed by atoms with Crippen LogP contribution in [0.5, 0.6) is 5.75 Å². The molecule has 0 radical (unpaired) electrons. The zero-order valence-electron chi connectivity index (χ0n) is 10.4. The first kappa shape index (κ1) is 12.8. The average Bonchev–Trinajstić information content (AvgIpc) is 2.37. The smallest absolute Gasteiger partial charge is 0.119 e. The minimum Gasteiger partial charge on any atom is -0.493 e. The second kappa shape index (κ2) is 6.36. The van der Waals surface area contributed by atoms with E-state index in [1.165, 1.54) is 10.5 Å². The topological polar surface area (TPSA) is 35.2 Å². The molecule has 0 heterocycles. The molecule has 0 aliphatic heterocycles. The highest BCUT2D eigenvalue weighted by molar-refractivity contribution is 7.99. The molecule has 2 rings (SSSR count). The quantitative estimate of drug-likeness (QED) is 0.504. The summed E-state index contributed by atoms with van der Waals surface area (Å²) in [5, 5.41) is 0. The Hall–Kier alpha value is -1.61. The van der Waals surface area contributed by atoms with Crippen molar-refractivity contribution >= 4 is 17.4 Å². The number of benzene rings is 2. The van der Waals surface area contributed by atoms with E-state index in [9.17, 15) is 0 Å². The highest BCUT2D eigenvalue weighted by Crippen LogP contribution is 2.19. The van der Waals surface area contributed by atoms with Crippen LogP contribution in [0.2, 0.25) is 0 Å². The van der Waals surface area contributed by atoms with Gasteiger partial charge in [0.05, 0.1) is 6.61 Å². The first-order chi connectivity index (χ1) is 8.74. The van der Waals surface area contributed by atoms with Gasteiger partial charge in [-0.3, -0.25) is 0 Å². The second-order valence-corrected chi connectivity index (χ2v) is 5.25. The highest BCUT2D eigenvalue weighted by atomic mass is 32.2. The maximum Gasteiger partial charge on any atom is 0.119 e. The maximum atomic E-state index is 5.64. The first-order valence-corrected chi connectivity index (χ1v) is 6.90. The number of rotatable bonds is 5. The van der Waals surface area contributed by atoms with Gasteiger partial charge in [-0.05, 0) is 43.3 Å². The van der Waals surface area contributed by atoms with Crippen LogP contribution in [-0.4, -0.2) is 12.4 Å². The average molecular weight is 259 g/mol. The fourth-order valence-corrected chi connectivity index (χ4v) is 2.43. The summed E-state index contributed by atoms with van der Waals surface area (Å²) >= 11 is 1.81. The fourth-order valence-electron chi connectivity index (χ4n) is 1.59. The Kier molecular flexibility index (Phi) is 4.53. The molecular formula is C15H17NOS. The Morgan fingerprint density at radius 1 is 1.11 bits per heavy atom. The van der Waals surface area contributed by atoms with E-state index >= 15 is 0 Å². The summed E-state index contributed by atoms with van der Waals surface area (Å²) in [7, 11) is 0. The summed E-state index contributed by atoms with van der Waals surface area (Å²) < 4.78 is 5.64. The van der Waals surface area contributed by atoms with Crippen LogP contribution in [0, 0.1) is 6.92 Å². The molecule has 2 N–H and O–H groups in total. The van der Waals surface area contributed by atoms with Crippen LogP contribution < -0.4 is 10.5 Å². The van der Waals surface area contributed by atoms with Crippen LogP contribution in [0.3, 0.4) is 0 Å². The largest absolute Gasteiger partial charge is 0.493 e. The number of hydrogen-bond donors (Lipinski definition) is 1. The summed E-state index contributed by atoms with van der Waals surface area (Å²) in [5.74, 6) is 1.81. The molecule has 2 aromatic rings. The fraction of sp³-hybridized carbons (Fsp3) is 0.200. The lowest BCUT2D eigenvalue weighted by Crippen LogP contribution is -2.00. The summed E-state index contributed by atoms with van der Waals surface area (Å²) in [6.45, 7) is 2.80. The molecule has 0 aliphatic carbocycles. The van der Waals surface area contributed by atoms with E-state index in [1.807, 2.05) is 36.0 Å². The zero-order valence-corrected chi connectivity index (χ0v) is 11.2. The number of hydrogen-bond acceptors (Lipinski definition) is 3. The van der Waals surface area contributed by atoms with Gasteiger partial charge in [0.25, 0.3) is 0 Å². The second-order valence-electron chi connectivity index (χ2n) is 4.08. The van der Waals surface area contributed by atoms with Gasteiger partial charge < -0.3 is 10.5 Å². The number of ether oxygens (including phenoxy) is 1. The third kappa shape index (κ3) is 4.00. The minimum absolute atomic E-state index is 0.697. The van der Waals surface area contributed by atoms with E-state index in [2.05, 4.69) is 31.2 Å². The molecule has 0 spiro atoms. The van der Waals surface area contributed by atoms with Gasteiger partial charge in [0.2, 0.25) is 0 Å².